The van der Waals surface area contributed by atoms with Crippen molar-refractivity contribution in [3.05, 3.63) is 52.2 Å². The van der Waals surface area contributed by atoms with Crippen LogP contribution in [0.2, 0.25) is 0 Å². The molecule has 1 aromatic heterocycles. The van der Waals surface area contributed by atoms with Gasteiger partial charge in [0.2, 0.25) is 25.8 Å². The van der Waals surface area contributed by atoms with Gasteiger partial charge in [-0.25, -0.2) is 26.1 Å². The summed E-state index contributed by atoms with van der Waals surface area (Å²) in [5.41, 5.74) is 0.331. The maximum Gasteiger partial charge on any atom is 0.295 e. The molecule has 1 saturated heterocycles. The Balaban J connectivity index is 1.41. The van der Waals surface area contributed by atoms with Gasteiger partial charge in [-0.3, -0.25) is 9.36 Å². The van der Waals surface area contributed by atoms with Gasteiger partial charge in [0.05, 0.1) is 30.5 Å². The molecule has 0 aliphatic carbocycles. The minimum atomic E-state index is -3.62. The van der Waals surface area contributed by atoms with E-state index in [1.807, 2.05) is 0 Å². The third kappa shape index (κ3) is 4.45. The van der Waals surface area contributed by atoms with Crippen molar-refractivity contribution in [3.63, 3.8) is 0 Å². The first-order chi connectivity index (χ1) is 15.1. The lowest BCUT2D eigenvalue weighted by molar-refractivity contribution is 0.183. The van der Waals surface area contributed by atoms with E-state index in [1.54, 1.807) is 24.3 Å². The lowest BCUT2D eigenvalue weighted by Gasteiger charge is -2.29. The fourth-order valence-electron chi connectivity index (χ4n) is 4.02. The molecule has 3 heterocycles. The summed E-state index contributed by atoms with van der Waals surface area (Å²) in [6, 6.07) is 6.83. The Hall–Kier alpha value is -2.28. The van der Waals surface area contributed by atoms with Crippen LogP contribution in [0.4, 0.5) is 0 Å². The minimum Gasteiger partial charge on any atom is -0.486 e. The normalized spacial score (nSPS) is 19.7. The number of hydrogen-bond donors (Lipinski definition) is 0. The fourth-order valence-corrected chi connectivity index (χ4v) is 6.48. The zero-order chi connectivity index (χ0) is 23.1. The van der Waals surface area contributed by atoms with Crippen molar-refractivity contribution >= 4 is 20.0 Å². The standard InChI is InChI=1S/C20H26N4O6S2/c1-22-19(13-24-12-16-5-3-4-6-18(16)32(24,28)29)21-11-17(20(22)25)30-14-15-7-9-23(10-8-15)31(2,26)27/h3-6,11,15H,7-10,12-14H2,1-2H3. The van der Waals surface area contributed by atoms with E-state index in [4.69, 9.17) is 4.74 Å². The number of ether oxygens (including phenoxy) is 1. The van der Waals surface area contributed by atoms with E-state index in [9.17, 15) is 21.6 Å². The Morgan fingerprint density at radius 1 is 1.19 bits per heavy atom. The first-order valence-electron chi connectivity index (χ1n) is 10.3. The van der Waals surface area contributed by atoms with E-state index in [1.165, 1.54) is 32.7 Å². The highest BCUT2D eigenvalue weighted by atomic mass is 32.2. The molecule has 0 bridgehead atoms. The highest BCUT2D eigenvalue weighted by Crippen LogP contribution is 2.30. The van der Waals surface area contributed by atoms with Crippen LogP contribution in [0.3, 0.4) is 0 Å². The Kier molecular flexibility index (Phi) is 6.14. The highest BCUT2D eigenvalue weighted by Gasteiger charge is 2.35. The molecule has 174 valence electrons. The predicted octanol–water partition coefficient (Wildman–Crippen LogP) is 0.535. The molecule has 2 aliphatic heterocycles. The number of rotatable bonds is 6. The number of sulfonamides is 2. The van der Waals surface area contributed by atoms with Crippen molar-refractivity contribution in [3.8, 4) is 5.75 Å². The summed E-state index contributed by atoms with van der Waals surface area (Å²) in [5, 5.41) is 0. The summed E-state index contributed by atoms with van der Waals surface area (Å²) in [5.74, 6) is 0.556. The lowest BCUT2D eigenvalue weighted by Crippen LogP contribution is -2.39. The summed E-state index contributed by atoms with van der Waals surface area (Å²) in [6.07, 6.45) is 3.85. The molecular weight excluding hydrogens is 456 g/mol. The van der Waals surface area contributed by atoms with Gasteiger partial charge in [0.1, 0.15) is 5.82 Å². The smallest absolute Gasteiger partial charge is 0.295 e. The molecule has 0 unspecified atom stereocenters. The van der Waals surface area contributed by atoms with Gasteiger partial charge in [-0.15, -0.1) is 0 Å². The molecule has 0 spiro atoms. The largest absolute Gasteiger partial charge is 0.486 e. The van der Waals surface area contributed by atoms with Gasteiger partial charge in [-0.05, 0) is 30.4 Å². The molecular formula is C20H26N4O6S2. The maximum absolute atomic E-state index is 12.8. The minimum absolute atomic E-state index is 0.0208. The van der Waals surface area contributed by atoms with E-state index >= 15 is 0 Å². The van der Waals surface area contributed by atoms with Crippen LogP contribution in [0.15, 0.2) is 40.2 Å². The summed E-state index contributed by atoms with van der Waals surface area (Å²) < 4.78 is 58.5. The van der Waals surface area contributed by atoms with Crippen LogP contribution in [0.25, 0.3) is 0 Å². The van der Waals surface area contributed by atoms with Crippen LogP contribution in [0, 0.1) is 5.92 Å². The van der Waals surface area contributed by atoms with Gasteiger partial charge >= 0.3 is 0 Å². The number of fused-ring (bicyclic) bond motifs is 1. The van der Waals surface area contributed by atoms with Crippen LogP contribution < -0.4 is 10.3 Å². The molecule has 32 heavy (non-hydrogen) atoms. The van der Waals surface area contributed by atoms with Gasteiger partial charge in [0.25, 0.3) is 5.56 Å². The molecule has 0 radical (unpaired) electrons. The topological polar surface area (TPSA) is 119 Å². The lowest BCUT2D eigenvalue weighted by atomic mass is 9.99. The summed E-state index contributed by atoms with van der Waals surface area (Å²) >= 11 is 0. The first-order valence-corrected chi connectivity index (χ1v) is 13.6. The van der Waals surface area contributed by atoms with Crippen molar-refractivity contribution in [1.82, 2.24) is 18.2 Å². The average Bonchev–Trinajstić information content (AvgIpc) is 3.00. The van der Waals surface area contributed by atoms with Crippen LogP contribution in [0.5, 0.6) is 5.75 Å². The predicted molar refractivity (Wildman–Crippen MR) is 117 cm³/mol. The highest BCUT2D eigenvalue weighted by molar-refractivity contribution is 7.89. The van der Waals surface area contributed by atoms with Crippen LogP contribution >= 0.6 is 0 Å². The summed E-state index contributed by atoms with van der Waals surface area (Å²) in [6.45, 7) is 1.39. The van der Waals surface area contributed by atoms with Crippen molar-refractivity contribution in [1.29, 1.82) is 0 Å². The molecule has 2 aliphatic rings. The van der Waals surface area contributed by atoms with Gasteiger partial charge in [0.15, 0.2) is 0 Å². The maximum atomic E-state index is 12.8. The van der Waals surface area contributed by atoms with Crippen molar-refractivity contribution < 1.29 is 21.6 Å². The molecule has 1 aromatic carbocycles. The zero-order valence-electron chi connectivity index (χ0n) is 18.0. The first kappa shape index (κ1) is 22.9. The number of hydrogen-bond acceptors (Lipinski definition) is 7. The monoisotopic (exact) mass is 482 g/mol. The van der Waals surface area contributed by atoms with Crippen molar-refractivity contribution in [2.45, 2.75) is 30.8 Å². The van der Waals surface area contributed by atoms with E-state index in [2.05, 4.69) is 4.98 Å². The third-order valence-electron chi connectivity index (χ3n) is 6.01. The molecule has 1 fully saturated rings. The van der Waals surface area contributed by atoms with Gasteiger partial charge in [0, 0.05) is 26.7 Å². The second kappa shape index (κ2) is 8.58. The number of benzene rings is 1. The Morgan fingerprint density at radius 2 is 1.88 bits per heavy atom. The Morgan fingerprint density at radius 3 is 2.53 bits per heavy atom. The van der Waals surface area contributed by atoms with Gasteiger partial charge in [-0.1, -0.05) is 18.2 Å². The summed E-state index contributed by atoms with van der Waals surface area (Å²) in [7, 11) is -5.27. The van der Waals surface area contributed by atoms with Gasteiger partial charge in [-0.2, -0.15) is 4.31 Å². The van der Waals surface area contributed by atoms with E-state index in [0.717, 1.165) is 5.56 Å². The molecule has 0 N–H and O–H groups in total. The number of piperidine rings is 1. The Labute approximate surface area is 187 Å². The van der Waals surface area contributed by atoms with E-state index in [-0.39, 0.29) is 29.7 Å². The number of aromatic nitrogens is 2. The molecule has 2 aromatic rings. The number of nitrogens with zero attached hydrogens (tertiary/aromatic N) is 4. The average molecular weight is 483 g/mol. The van der Waals surface area contributed by atoms with Crippen LogP contribution in [-0.4, -0.2) is 60.9 Å². The van der Waals surface area contributed by atoms with Crippen LogP contribution in [-0.2, 0) is 40.2 Å². The van der Waals surface area contributed by atoms with E-state index in [0.29, 0.717) is 38.4 Å². The Bertz CT molecular complexity index is 1280. The molecule has 0 saturated carbocycles. The van der Waals surface area contributed by atoms with Crippen LogP contribution in [0.1, 0.15) is 24.2 Å². The quantitative estimate of drug-likeness (QED) is 0.589. The zero-order valence-corrected chi connectivity index (χ0v) is 19.6. The SMILES string of the molecule is Cn1c(CN2Cc3ccccc3S2(=O)=O)ncc(OCC2CCN(S(C)(=O)=O)CC2)c1=O. The second-order valence-electron chi connectivity index (χ2n) is 8.20. The molecule has 12 heteroatoms. The molecule has 0 amide bonds. The third-order valence-corrected chi connectivity index (χ3v) is 9.20. The second-order valence-corrected chi connectivity index (χ2v) is 12.1. The molecule has 4 rings (SSSR count). The van der Waals surface area contributed by atoms with E-state index < -0.39 is 25.6 Å². The van der Waals surface area contributed by atoms with Crippen molar-refractivity contribution in [2.24, 2.45) is 13.0 Å². The molecule has 10 nitrogen and oxygen atoms in total. The fraction of sp³-hybridized carbons (Fsp3) is 0.500. The van der Waals surface area contributed by atoms with Gasteiger partial charge < -0.3 is 4.74 Å². The summed E-state index contributed by atoms with van der Waals surface area (Å²) in [4.78, 5) is 17.3. The van der Waals surface area contributed by atoms with Crippen molar-refractivity contribution in [2.75, 3.05) is 26.0 Å². The molecule has 0 atom stereocenters.